The molecule has 17 heavy (non-hydrogen) atoms. The van der Waals surface area contributed by atoms with Gasteiger partial charge in [0.15, 0.2) is 5.17 Å². The Labute approximate surface area is 104 Å². The van der Waals surface area contributed by atoms with Gasteiger partial charge in [-0.25, -0.2) is 0 Å². The van der Waals surface area contributed by atoms with E-state index >= 15 is 0 Å². The molecule has 1 aliphatic carbocycles. The van der Waals surface area contributed by atoms with E-state index in [0.29, 0.717) is 6.04 Å². The Morgan fingerprint density at radius 3 is 2.65 bits per heavy atom. The summed E-state index contributed by atoms with van der Waals surface area (Å²) in [5.41, 5.74) is 5.02. The second-order valence-electron chi connectivity index (χ2n) is 4.17. The zero-order valence-electron chi connectivity index (χ0n) is 9.26. The average Bonchev–Trinajstić information content (AvgIpc) is 3.15. The van der Waals surface area contributed by atoms with Gasteiger partial charge in [0.05, 0.1) is 11.8 Å². The van der Waals surface area contributed by atoms with E-state index in [4.69, 9.17) is 0 Å². The SMILES string of the molecule is Oc1ccc(C2=NNC(=NC3CC3)SC2)cc1. The highest BCUT2D eigenvalue weighted by atomic mass is 32.2. The summed E-state index contributed by atoms with van der Waals surface area (Å²) in [6, 6.07) is 7.63. The molecule has 0 saturated heterocycles. The van der Waals surface area contributed by atoms with E-state index in [2.05, 4.69) is 15.5 Å². The Kier molecular flexibility index (Phi) is 2.76. The fourth-order valence-electron chi connectivity index (χ4n) is 1.55. The van der Waals surface area contributed by atoms with E-state index < -0.39 is 0 Å². The minimum Gasteiger partial charge on any atom is -0.508 e. The molecular formula is C12H13N3OS. The number of amidine groups is 1. The molecular weight excluding hydrogens is 234 g/mol. The summed E-state index contributed by atoms with van der Waals surface area (Å²) in [6.45, 7) is 0. The predicted octanol–water partition coefficient (Wildman–Crippen LogP) is 1.95. The third kappa shape index (κ3) is 2.61. The molecule has 0 aromatic heterocycles. The molecule has 1 fully saturated rings. The molecule has 2 N–H and O–H groups in total. The van der Waals surface area contributed by atoms with Gasteiger partial charge in [-0.15, -0.1) is 0 Å². The Bertz CT molecular complexity index is 477. The van der Waals surface area contributed by atoms with Crippen molar-refractivity contribution < 1.29 is 5.11 Å². The third-order valence-corrected chi connectivity index (χ3v) is 3.57. The van der Waals surface area contributed by atoms with Gasteiger partial charge >= 0.3 is 0 Å². The molecule has 4 nitrogen and oxygen atoms in total. The van der Waals surface area contributed by atoms with Gasteiger partial charge in [0.25, 0.3) is 0 Å². The number of thioether (sulfide) groups is 1. The lowest BCUT2D eigenvalue weighted by molar-refractivity contribution is 0.475. The van der Waals surface area contributed by atoms with Crippen LogP contribution in [-0.2, 0) is 0 Å². The van der Waals surface area contributed by atoms with Crippen LogP contribution in [0, 0.1) is 0 Å². The first-order valence-electron chi connectivity index (χ1n) is 5.64. The van der Waals surface area contributed by atoms with Crippen LogP contribution in [0.2, 0.25) is 0 Å². The van der Waals surface area contributed by atoms with E-state index in [1.807, 2.05) is 12.1 Å². The van der Waals surface area contributed by atoms with Crippen LogP contribution in [0.25, 0.3) is 0 Å². The summed E-state index contributed by atoms with van der Waals surface area (Å²) in [5.74, 6) is 1.10. The first-order chi connectivity index (χ1) is 8.31. The van der Waals surface area contributed by atoms with Crippen LogP contribution >= 0.6 is 11.8 Å². The molecule has 0 unspecified atom stereocenters. The summed E-state index contributed by atoms with van der Waals surface area (Å²) >= 11 is 1.68. The molecule has 0 bridgehead atoms. The summed E-state index contributed by atoms with van der Waals surface area (Å²) in [5, 5.41) is 14.5. The Balaban J connectivity index is 1.73. The van der Waals surface area contributed by atoms with Crippen molar-refractivity contribution in [2.75, 3.05) is 5.75 Å². The van der Waals surface area contributed by atoms with E-state index in [9.17, 15) is 5.11 Å². The predicted molar refractivity (Wildman–Crippen MR) is 70.7 cm³/mol. The number of benzene rings is 1. The highest BCUT2D eigenvalue weighted by molar-refractivity contribution is 8.14. The number of phenolic OH excluding ortho intramolecular Hbond substituents is 1. The zero-order valence-corrected chi connectivity index (χ0v) is 10.1. The van der Waals surface area contributed by atoms with E-state index in [0.717, 1.165) is 22.2 Å². The van der Waals surface area contributed by atoms with E-state index in [-0.39, 0.29) is 5.75 Å². The Morgan fingerprint density at radius 1 is 1.29 bits per heavy atom. The largest absolute Gasteiger partial charge is 0.508 e. The van der Waals surface area contributed by atoms with Gasteiger partial charge in [-0.3, -0.25) is 10.4 Å². The number of hydrogen-bond acceptors (Lipinski definition) is 4. The maximum atomic E-state index is 9.22. The maximum absolute atomic E-state index is 9.22. The molecule has 0 amide bonds. The van der Waals surface area contributed by atoms with Crippen LogP contribution in [0.3, 0.4) is 0 Å². The smallest absolute Gasteiger partial charge is 0.177 e. The number of phenols is 1. The molecule has 1 aromatic rings. The number of aliphatic imine (C=N–C) groups is 1. The quantitative estimate of drug-likeness (QED) is 0.840. The van der Waals surface area contributed by atoms with E-state index in [1.165, 1.54) is 12.8 Å². The van der Waals surface area contributed by atoms with Crippen molar-refractivity contribution in [3.63, 3.8) is 0 Å². The van der Waals surface area contributed by atoms with Crippen LogP contribution in [-0.4, -0.2) is 27.8 Å². The molecule has 0 spiro atoms. The first-order valence-corrected chi connectivity index (χ1v) is 6.62. The lowest BCUT2D eigenvalue weighted by Gasteiger charge is -2.14. The minimum atomic E-state index is 0.279. The number of nitrogens with zero attached hydrogens (tertiary/aromatic N) is 2. The topological polar surface area (TPSA) is 57.0 Å². The summed E-state index contributed by atoms with van der Waals surface area (Å²) < 4.78 is 0. The molecule has 5 heteroatoms. The highest BCUT2D eigenvalue weighted by Crippen LogP contribution is 2.25. The molecule has 2 aliphatic rings. The normalized spacial score (nSPS) is 22.1. The van der Waals surface area contributed by atoms with Crippen LogP contribution in [0.1, 0.15) is 18.4 Å². The molecule has 1 aliphatic heterocycles. The number of rotatable bonds is 2. The standard InChI is InChI=1S/C12H13N3OS/c16-10-5-1-8(2-6-10)11-7-17-12(15-14-11)13-9-3-4-9/h1-2,5-6,9,16H,3-4,7H2,(H,13,15). The molecule has 1 heterocycles. The lowest BCUT2D eigenvalue weighted by Crippen LogP contribution is -2.25. The van der Waals surface area contributed by atoms with Crippen molar-refractivity contribution in [3.8, 4) is 5.75 Å². The second-order valence-corrected chi connectivity index (χ2v) is 5.14. The highest BCUT2D eigenvalue weighted by Gasteiger charge is 2.22. The summed E-state index contributed by atoms with van der Waals surface area (Å²) in [7, 11) is 0. The Morgan fingerprint density at radius 2 is 2.06 bits per heavy atom. The monoisotopic (exact) mass is 247 g/mol. The van der Waals surface area contributed by atoms with Gasteiger partial charge in [-0.1, -0.05) is 11.8 Å². The van der Waals surface area contributed by atoms with Gasteiger partial charge in [0.2, 0.25) is 0 Å². The number of nitrogens with one attached hydrogen (secondary N) is 1. The third-order valence-electron chi connectivity index (χ3n) is 2.68. The number of aromatic hydroxyl groups is 1. The fraction of sp³-hybridized carbons (Fsp3) is 0.333. The number of hydrogen-bond donors (Lipinski definition) is 2. The molecule has 88 valence electrons. The van der Waals surface area contributed by atoms with Crippen LogP contribution < -0.4 is 5.43 Å². The van der Waals surface area contributed by atoms with Gasteiger partial charge in [-0.05, 0) is 42.7 Å². The van der Waals surface area contributed by atoms with Crippen LogP contribution in [0.5, 0.6) is 5.75 Å². The fourth-order valence-corrected chi connectivity index (χ4v) is 2.39. The van der Waals surface area contributed by atoms with Crippen molar-refractivity contribution in [2.45, 2.75) is 18.9 Å². The van der Waals surface area contributed by atoms with Gasteiger partial charge in [-0.2, -0.15) is 5.10 Å². The lowest BCUT2D eigenvalue weighted by atomic mass is 10.1. The van der Waals surface area contributed by atoms with Gasteiger partial charge in [0.1, 0.15) is 5.75 Å². The molecule has 1 aromatic carbocycles. The van der Waals surface area contributed by atoms with Crippen LogP contribution in [0.15, 0.2) is 34.4 Å². The maximum Gasteiger partial charge on any atom is 0.177 e. The molecule has 0 radical (unpaired) electrons. The van der Waals surface area contributed by atoms with Crippen LogP contribution in [0.4, 0.5) is 0 Å². The molecule has 3 rings (SSSR count). The second kappa shape index (κ2) is 4.41. The molecule has 0 atom stereocenters. The van der Waals surface area contributed by atoms with Crippen molar-refractivity contribution in [2.24, 2.45) is 10.1 Å². The van der Waals surface area contributed by atoms with Crippen molar-refractivity contribution in [1.29, 1.82) is 0 Å². The summed E-state index contributed by atoms with van der Waals surface area (Å²) in [6.07, 6.45) is 2.42. The van der Waals surface area contributed by atoms with Crippen molar-refractivity contribution >= 4 is 22.6 Å². The van der Waals surface area contributed by atoms with Crippen molar-refractivity contribution in [3.05, 3.63) is 29.8 Å². The minimum absolute atomic E-state index is 0.279. The molecule has 1 saturated carbocycles. The average molecular weight is 247 g/mol. The van der Waals surface area contributed by atoms with E-state index in [1.54, 1.807) is 23.9 Å². The van der Waals surface area contributed by atoms with Gasteiger partial charge < -0.3 is 5.11 Å². The first kappa shape index (κ1) is 10.7. The van der Waals surface area contributed by atoms with Crippen molar-refractivity contribution in [1.82, 2.24) is 5.43 Å². The van der Waals surface area contributed by atoms with Gasteiger partial charge in [0, 0.05) is 5.75 Å². The zero-order chi connectivity index (χ0) is 11.7. The number of hydrazone groups is 1. The Hall–Kier alpha value is -1.49. The summed E-state index contributed by atoms with van der Waals surface area (Å²) in [4.78, 5) is 4.51.